The van der Waals surface area contributed by atoms with Gasteiger partial charge in [-0.05, 0) is 36.8 Å². The van der Waals surface area contributed by atoms with E-state index in [9.17, 15) is 27.6 Å². The number of Topliss-reactive ketones (excluding diaryl/α,β-unsaturated/α-hetero) is 1. The second kappa shape index (κ2) is 7.68. The van der Waals surface area contributed by atoms with E-state index in [0.29, 0.717) is 13.0 Å². The van der Waals surface area contributed by atoms with Gasteiger partial charge in [0.2, 0.25) is 5.54 Å². The zero-order chi connectivity index (χ0) is 23.3. The molecule has 1 saturated heterocycles. The number of nitrogens with zero attached hydrogens (tertiary/aromatic N) is 2. The monoisotopic (exact) mass is 451 g/mol. The van der Waals surface area contributed by atoms with Crippen LogP contribution in [-0.4, -0.2) is 58.5 Å². The minimum Gasteiger partial charge on any atom is -0.376 e. The Morgan fingerprint density at radius 1 is 1.31 bits per heavy atom. The zero-order valence-electron chi connectivity index (χ0n) is 17.8. The predicted molar refractivity (Wildman–Crippen MR) is 106 cm³/mol. The molecule has 0 unspecified atom stereocenters. The smallest absolute Gasteiger partial charge is 0.376 e. The van der Waals surface area contributed by atoms with Crippen molar-refractivity contribution in [1.29, 1.82) is 0 Å². The number of nitrogens with one attached hydrogen (secondary N) is 1. The van der Waals surface area contributed by atoms with E-state index in [2.05, 4.69) is 4.98 Å². The summed E-state index contributed by atoms with van der Waals surface area (Å²) in [6.07, 6.45) is -1.90. The number of hydrogen-bond donors (Lipinski definition) is 1. The summed E-state index contributed by atoms with van der Waals surface area (Å²) in [5.74, 6) is -3.29. The number of pyridine rings is 1. The van der Waals surface area contributed by atoms with Crippen LogP contribution in [0, 0.1) is 5.41 Å². The van der Waals surface area contributed by atoms with E-state index >= 15 is 0 Å². The number of carbonyl (C=O) groups is 3. The third kappa shape index (κ3) is 3.60. The summed E-state index contributed by atoms with van der Waals surface area (Å²) in [5, 5.41) is 1.90. The maximum absolute atomic E-state index is 14.7. The molecule has 3 heterocycles. The van der Waals surface area contributed by atoms with Gasteiger partial charge in [0.05, 0.1) is 23.8 Å². The van der Waals surface area contributed by atoms with Crippen molar-refractivity contribution in [2.75, 3.05) is 13.2 Å². The van der Waals surface area contributed by atoms with Crippen molar-refractivity contribution in [3.63, 3.8) is 0 Å². The summed E-state index contributed by atoms with van der Waals surface area (Å²) in [6.45, 7) is 3.91. The van der Waals surface area contributed by atoms with Crippen molar-refractivity contribution in [1.82, 2.24) is 15.2 Å². The summed E-state index contributed by atoms with van der Waals surface area (Å²) in [6, 6.07) is 2.69. The summed E-state index contributed by atoms with van der Waals surface area (Å²) in [7, 11) is 0. The normalized spacial score (nSPS) is 27.7. The zero-order valence-corrected chi connectivity index (χ0v) is 17.8. The van der Waals surface area contributed by atoms with Gasteiger partial charge < -0.3 is 15.0 Å². The molecule has 0 saturated carbocycles. The number of ketones is 1. The topological polar surface area (TPSA) is 88.6 Å². The first-order chi connectivity index (χ1) is 15.0. The fourth-order valence-corrected chi connectivity index (χ4v) is 4.75. The standard InChI is InChI=1S/C22H24F3N3O4/c1-20(2)9-15-17(16(29)10-20)21(22(23,24)25,27-18(30)13-5-3-7-26-11-13)19(31)28(15)12-14-6-4-8-32-14/h3,5,7,11,14H,4,6,8-10,12H2,1-2H3,(H,27,30)/t14-,21-/m0/s1. The molecule has 1 aromatic rings. The van der Waals surface area contributed by atoms with Crippen LogP contribution < -0.4 is 5.32 Å². The Morgan fingerprint density at radius 3 is 2.66 bits per heavy atom. The highest BCUT2D eigenvalue weighted by molar-refractivity contribution is 6.14. The molecule has 0 spiro atoms. The van der Waals surface area contributed by atoms with Gasteiger partial charge in [0.25, 0.3) is 11.8 Å². The fraction of sp³-hybridized carbons (Fsp3) is 0.545. The Hall–Kier alpha value is -2.75. The third-order valence-electron chi connectivity index (χ3n) is 6.18. The average Bonchev–Trinajstić information content (AvgIpc) is 3.29. The quantitative estimate of drug-likeness (QED) is 0.761. The molecule has 32 heavy (non-hydrogen) atoms. The van der Waals surface area contributed by atoms with Gasteiger partial charge in [-0.3, -0.25) is 19.4 Å². The van der Waals surface area contributed by atoms with E-state index in [4.69, 9.17) is 4.74 Å². The van der Waals surface area contributed by atoms with Gasteiger partial charge in [-0.15, -0.1) is 0 Å². The highest BCUT2D eigenvalue weighted by Gasteiger charge is 2.71. The van der Waals surface area contributed by atoms with E-state index in [0.717, 1.165) is 17.5 Å². The molecule has 172 valence electrons. The van der Waals surface area contributed by atoms with Gasteiger partial charge in [-0.25, -0.2) is 0 Å². The number of allylic oxidation sites excluding steroid dienone is 1. The molecular weight excluding hydrogens is 427 g/mol. The second-order valence-corrected chi connectivity index (χ2v) is 9.26. The molecule has 7 nitrogen and oxygen atoms in total. The van der Waals surface area contributed by atoms with Crippen LogP contribution in [-0.2, 0) is 14.3 Å². The van der Waals surface area contributed by atoms with Crippen molar-refractivity contribution >= 4 is 17.6 Å². The first-order valence-electron chi connectivity index (χ1n) is 10.5. The van der Waals surface area contributed by atoms with E-state index in [1.54, 1.807) is 13.8 Å². The second-order valence-electron chi connectivity index (χ2n) is 9.26. The molecule has 1 aliphatic carbocycles. The number of carbonyl (C=O) groups excluding carboxylic acids is 3. The van der Waals surface area contributed by atoms with Crippen LogP contribution in [0.15, 0.2) is 35.8 Å². The Labute approximate surface area is 183 Å². The average molecular weight is 451 g/mol. The van der Waals surface area contributed by atoms with Crippen LogP contribution in [0.5, 0.6) is 0 Å². The molecule has 0 bridgehead atoms. The number of ether oxygens (including phenoxy) is 1. The largest absolute Gasteiger partial charge is 0.425 e. The van der Waals surface area contributed by atoms with Gasteiger partial charge in [0.15, 0.2) is 5.78 Å². The van der Waals surface area contributed by atoms with Gasteiger partial charge in [-0.2, -0.15) is 13.2 Å². The Kier molecular flexibility index (Phi) is 5.39. The molecule has 2 amide bonds. The lowest BCUT2D eigenvalue weighted by atomic mass is 9.72. The molecule has 10 heteroatoms. The van der Waals surface area contributed by atoms with Crippen LogP contribution >= 0.6 is 0 Å². The van der Waals surface area contributed by atoms with Gasteiger partial charge in [0.1, 0.15) is 0 Å². The lowest BCUT2D eigenvalue weighted by molar-refractivity contribution is -0.191. The number of alkyl halides is 3. The summed E-state index contributed by atoms with van der Waals surface area (Å²) < 4.78 is 49.6. The van der Waals surface area contributed by atoms with E-state index in [1.807, 2.05) is 5.32 Å². The summed E-state index contributed by atoms with van der Waals surface area (Å²) >= 11 is 0. The van der Waals surface area contributed by atoms with Crippen LogP contribution in [0.25, 0.3) is 0 Å². The Morgan fingerprint density at radius 2 is 2.06 bits per heavy atom. The number of amides is 2. The maximum atomic E-state index is 14.7. The Balaban J connectivity index is 1.84. The lowest BCUT2D eigenvalue weighted by Gasteiger charge is -2.35. The van der Waals surface area contributed by atoms with Crippen molar-refractivity contribution in [3.05, 3.63) is 41.4 Å². The van der Waals surface area contributed by atoms with E-state index in [-0.39, 0.29) is 30.6 Å². The number of aromatic nitrogens is 1. The molecule has 0 aromatic carbocycles. The van der Waals surface area contributed by atoms with Crippen LogP contribution in [0.3, 0.4) is 0 Å². The van der Waals surface area contributed by atoms with Crippen LogP contribution in [0.2, 0.25) is 0 Å². The number of halogens is 3. The summed E-state index contributed by atoms with van der Waals surface area (Å²) in [4.78, 5) is 44.1. The summed E-state index contributed by atoms with van der Waals surface area (Å²) in [5.41, 5.74) is -4.87. The fourth-order valence-electron chi connectivity index (χ4n) is 4.75. The molecule has 2 aliphatic heterocycles. The molecule has 1 N–H and O–H groups in total. The van der Waals surface area contributed by atoms with Crippen molar-refractivity contribution in [2.45, 2.75) is 57.3 Å². The molecule has 0 radical (unpaired) electrons. The lowest BCUT2D eigenvalue weighted by Crippen LogP contribution is -2.66. The molecule has 3 aliphatic rings. The number of rotatable bonds is 4. The third-order valence-corrected chi connectivity index (χ3v) is 6.18. The van der Waals surface area contributed by atoms with E-state index in [1.165, 1.54) is 18.3 Å². The van der Waals surface area contributed by atoms with Crippen LogP contribution in [0.4, 0.5) is 13.2 Å². The first kappa shape index (κ1) is 22.4. The van der Waals surface area contributed by atoms with Crippen LogP contribution in [0.1, 0.15) is 49.9 Å². The van der Waals surface area contributed by atoms with Crippen molar-refractivity contribution < 1.29 is 32.3 Å². The highest BCUT2D eigenvalue weighted by Crippen LogP contribution is 2.52. The first-order valence-corrected chi connectivity index (χ1v) is 10.5. The van der Waals surface area contributed by atoms with Gasteiger partial charge >= 0.3 is 6.18 Å². The minimum atomic E-state index is -5.23. The maximum Gasteiger partial charge on any atom is 0.425 e. The van der Waals surface area contributed by atoms with Crippen molar-refractivity contribution in [2.24, 2.45) is 5.41 Å². The Bertz CT molecular complexity index is 984. The minimum absolute atomic E-state index is 0.0237. The highest BCUT2D eigenvalue weighted by atomic mass is 19.4. The van der Waals surface area contributed by atoms with Crippen molar-refractivity contribution in [3.8, 4) is 0 Å². The molecule has 4 rings (SSSR count). The van der Waals surface area contributed by atoms with Gasteiger partial charge in [0, 0.05) is 31.1 Å². The van der Waals surface area contributed by atoms with E-state index < -0.39 is 46.4 Å². The molecule has 1 aromatic heterocycles. The number of hydrogen-bond acceptors (Lipinski definition) is 5. The SMILES string of the molecule is CC1(C)CC(=O)C2=C(C1)N(C[C@@H]1CCCO1)C(=O)[C@]2(NC(=O)c1cccnc1)C(F)(F)F. The molecule has 2 atom stereocenters. The van der Waals surface area contributed by atoms with Gasteiger partial charge in [-0.1, -0.05) is 13.8 Å². The predicted octanol–water partition coefficient (Wildman–Crippen LogP) is 2.78. The molecule has 1 fully saturated rings. The molecular formula is C22H24F3N3O4.